The lowest BCUT2D eigenvalue weighted by Gasteiger charge is -2.33. The number of unbranched alkanes of at least 4 members (excludes halogenated alkanes) is 14. The molecule has 0 amide bonds. The van der Waals surface area contributed by atoms with Crippen molar-refractivity contribution in [2.75, 3.05) is 4.90 Å². The molecule has 1 aliphatic rings. The predicted molar refractivity (Wildman–Crippen MR) is 243 cm³/mol. The summed E-state index contributed by atoms with van der Waals surface area (Å²) in [6, 6.07) is 43.7. The molecule has 0 spiro atoms. The Morgan fingerprint density at radius 1 is 0.429 bits per heavy atom. The van der Waals surface area contributed by atoms with Crippen LogP contribution in [-0.4, -0.2) is 6.29 Å². The monoisotopic (exact) mass is 744 g/mol. The third kappa shape index (κ3) is 10.6. The molecule has 0 aromatic heterocycles. The van der Waals surface area contributed by atoms with E-state index in [1.54, 1.807) is 0 Å². The lowest BCUT2D eigenvalue weighted by atomic mass is 9.70. The third-order valence-electron chi connectivity index (χ3n) is 12.1. The lowest BCUT2D eigenvalue weighted by Crippen LogP contribution is -2.26. The van der Waals surface area contributed by atoms with Gasteiger partial charge < -0.3 is 4.90 Å². The second-order valence-electron chi connectivity index (χ2n) is 16.2. The van der Waals surface area contributed by atoms with E-state index in [-0.39, 0.29) is 5.41 Å². The maximum Gasteiger partial charge on any atom is 0.150 e. The maximum absolute atomic E-state index is 12.2. The van der Waals surface area contributed by atoms with Gasteiger partial charge in [0.15, 0.2) is 0 Å². The summed E-state index contributed by atoms with van der Waals surface area (Å²) in [5.41, 5.74) is 12.1. The topological polar surface area (TPSA) is 20.3 Å². The zero-order valence-corrected chi connectivity index (χ0v) is 34.4. The van der Waals surface area contributed by atoms with Crippen LogP contribution in [0.5, 0.6) is 0 Å². The average Bonchev–Trinajstić information content (AvgIpc) is 3.51. The number of aldehydes is 1. The quantitative estimate of drug-likeness (QED) is 0.0356. The van der Waals surface area contributed by atoms with Crippen LogP contribution >= 0.6 is 0 Å². The second-order valence-corrected chi connectivity index (χ2v) is 16.2. The first-order valence-electron chi connectivity index (χ1n) is 22.1. The van der Waals surface area contributed by atoms with Gasteiger partial charge in [0.1, 0.15) is 6.29 Å². The van der Waals surface area contributed by atoms with E-state index in [0.717, 1.165) is 41.8 Å². The molecule has 0 heterocycles. The number of benzene rings is 5. The standard InChI is InChI=1S/C54H65NO/c1-3-5-7-9-11-13-15-23-39-54(40-24-16-14-12-10-8-6-4-2)52-41-45(33-37-50(52)51-38-34-46(43-56)42-53(51)54)30-29-44-31-35-49(36-32-44)55(47-25-19-17-20-26-47)48-27-21-18-22-28-48/h17-22,25-38,41-43H,3-16,23-24,39-40H2,1-2H3/b30-29+. The molecule has 0 aliphatic heterocycles. The first kappa shape index (κ1) is 41.0. The number of hydrogen-bond acceptors (Lipinski definition) is 2. The van der Waals surface area contributed by atoms with E-state index in [1.807, 2.05) is 6.07 Å². The molecule has 6 rings (SSSR count). The molecule has 56 heavy (non-hydrogen) atoms. The number of hydrogen-bond donors (Lipinski definition) is 0. The van der Waals surface area contributed by atoms with Gasteiger partial charge in [0, 0.05) is 28.0 Å². The average molecular weight is 744 g/mol. The van der Waals surface area contributed by atoms with Crippen LogP contribution in [0.15, 0.2) is 121 Å². The first-order chi connectivity index (χ1) is 27.7. The van der Waals surface area contributed by atoms with E-state index >= 15 is 0 Å². The highest BCUT2D eigenvalue weighted by Crippen LogP contribution is 2.54. The molecule has 0 unspecified atom stereocenters. The Morgan fingerprint density at radius 3 is 1.30 bits per heavy atom. The van der Waals surface area contributed by atoms with Crippen molar-refractivity contribution in [2.24, 2.45) is 0 Å². The highest BCUT2D eigenvalue weighted by atomic mass is 16.1. The number of carbonyl (C=O) groups excluding carboxylic acids is 1. The Bertz CT molecular complexity index is 1880. The fourth-order valence-corrected chi connectivity index (χ4v) is 9.02. The van der Waals surface area contributed by atoms with Crippen LogP contribution in [0, 0.1) is 0 Å². The minimum atomic E-state index is -0.0576. The van der Waals surface area contributed by atoms with Crippen LogP contribution in [0.2, 0.25) is 0 Å². The van der Waals surface area contributed by atoms with Gasteiger partial charge in [0.05, 0.1) is 0 Å². The molecule has 2 heteroatoms. The summed E-state index contributed by atoms with van der Waals surface area (Å²) >= 11 is 0. The highest BCUT2D eigenvalue weighted by Gasteiger charge is 2.42. The van der Waals surface area contributed by atoms with Crippen molar-refractivity contribution in [2.45, 2.75) is 135 Å². The van der Waals surface area contributed by atoms with Gasteiger partial charge in [0.2, 0.25) is 0 Å². The van der Waals surface area contributed by atoms with Gasteiger partial charge in [-0.05, 0) is 88.7 Å². The minimum Gasteiger partial charge on any atom is -0.311 e. The summed E-state index contributed by atoms with van der Waals surface area (Å²) in [7, 11) is 0. The van der Waals surface area contributed by atoms with Crippen LogP contribution in [0.3, 0.4) is 0 Å². The SMILES string of the molecule is CCCCCCCCCCC1(CCCCCCCCCC)c2cc(C=O)ccc2-c2ccc(/C=C/c3ccc(N(c4ccccc4)c4ccccc4)cc3)cc21. The Kier molecular flexibility index (Phi) is 15.8. The van der Waals surface area contributed by atoms with Crippen LogP contribution in [0.1, 0.15) is 162 Å². The van der Waals surface area contributed by atoms with Crippen molar-refractivity contribution >= 4 is 35.5 Å². The van der Waals surface area contributed by atoms with Gasteiger partial charge in [0.25, 0.3) is 0 Å². The Balaban J connectivity index is 1.25. The first-order valence-corrected chi connectivity index (χ1v) is 22.1. The van der Waals surface area contributed by atoms with E-state index in [2.05, 4.69) is 146 Å². The van der Waals surface area contributed by atoms with E-state index in [9.17, 15) is 4.79 Å². The van der Waals surface area contributed by atoms with Crippen molar-refractivity contribution in [1.82, 2.24) is 0 Å². The second kappa shape index (κ2) is 21.6. The summed E-state index contributed by atoms with van der Waals surface area (Å²) in [6.45, 7) is 4.59. The Labute approximate surface area is 339 Å². The molecule has 0 atom stereocenters. The smallest absolute Gasteiger partial charge is 0.150 e. The van der Waals surface area contributed by atoms with Gasteiger partial charge in [-0.25, -0.2) is 0 Å². The summed E-state index contributed by atoms with van der Waals surface area (Å²) in [4.78, 5) is 14.5. The molecule has 0 bridgehead atoms. The molecule has 2 nitrogen and oxygen atoms in total. The van der Waals surface area contributed by atoms with Crippen LogP contribution in [0.4, 0.5) is 17.1 Å². The van der Waals surface area contributed by atoms with Crippen LogP contribution in [-0.2, 0) is 5.41 Å². The molecule has 0 saturated carbocycles. The lowest BCUT2D eigenvalue weighted by molar-refractivity contribution is 0.112. The number of anilines is 3. The Hall–Kier alpha value is -4.69. The highest BCUT2D eigenvalue weighted by molar-refractivity contribution is 5.87. The van der Waals surface area contributed by atoms with Crippen LogP contribution < -0.4 is 4.90 Å². The zero-order chi connectivity index (χ0) is 38.8. The molecule has 1 aliphatic carbocycles. The zero-order valence-electron chi connectivity index (χ0n) is 34.4. The minimum absolute atomic E-state index is 0.0576. The molecular formula is C54H65NO. The summed E-state index contributed by atoms with van der Waals surface area (Å²) in [6.07, 6.45) is 29.0. The van der Waals surface area contributed by atoms with Gasteiger partial charge >= 0.3 is 0 Å². The van der Waals surface area contributed by atoms with Gasteiger partial charge in [-0.3, -0.25) is 4.79 Å². The number of nitrogens with zero attached hydrogens (tertiary/aromatic N) is 1. The molecule has 0 saturated heterocycles. The van der Waals surface area contributed by atoms with Crippen molar-refractivity contribution in [3.05, 3.63) is 149 Å². The summed E-state index contributed by atoms with van der Waals surface area (Å²) < 4.78 is 0. The molecule has 0 radical (unpaired) electrons. The fourth-order valence-electron chi connectivity index (χ4n) is 9.02. The van der Waals surface area contributed by atoms with E-state index < -0.39 is 0 Å². The fraction of sp³-hybridized carbons (Fsp3) is 0.389. The molecular weight excluding hydrogens is 679 g/mol. The third-order valence-corrected chi connectivity index (χ3v) is 12.1. The number of fused-ring (bicyclic) bond motifs is 3. The largest absolute Gasteiger partial charge is 0.311 e. The van der Waals surface area contributed by atoms with E-state index in [0.29, 0.717) is 0 Å². The molecule has 5 aromatic rings. The van der Waals surface area contributed by atoms with Crippen molar-refractivity contribution < 1.29 is 4.79 Å². The van der Waals surface area contributed by atoms with E-state index in [1.165, 1.54) is 136 Å². The normalized spacial score (nSPS) is 12.8. The van der Waals surface area contributed by atoms with Crippen molar-refractivity contribution in [3.63, 3.8) is 0 Å². The summed E-state index contributed by atoms with van der Waals surface area (Å²) in [5, 5.41) is 0. The number of carbonyl (C=O) groups is 1. The number of rotatable bonds is 24. The van der Waals surface area contributed by atoms with Crippen molar-refractivity contribution in [3.8, 4) is 11.1 Å². The Morgan fingerprint density at radius 2 is 0.821 bits per heavy atom. The predicted octanol–water partition coefficient (Wildman–Crippen LogP) is 16.5. The molecule has 5 aromatic carbocycles. The molecule has 0 fully saturated rings. The molecule has 292 valence electrons. The summed E-state index contributed by atoms with van der Waals surface area (Å²) in [5.74, 6) is 0. The maximum atomic E-state index is 12.2. The van der Waals surface area contributed by atoms with Gasteiger partial charge in [-0.15, -0.1) is 0 Å². The van der Waals surface area contributed by atoms with E-state index in [4.69, 9.17) is 0 Å². The molecule has 0 N–H and O–H groups in total. The van der Waals surface area contributed by atoms with Crippen LogP contribution in [0.25, 0.3) is 23.3 Å². The van der Waals surface area contributed by atoms with Gasteiger partial charge in [-0.1, -0.05) is 208 Å². The van der Waals surface area contributed by atoms with Crippen molar-refractivity contribution in [1.29, 1.82) is 0 Å². The number of para-hydroxylation sites is 2. The van der Waals surface area contributed by atoms with Gasteiger partial charge in [-0.2, -0.15) is 0 Å².